The molecule has 0 aromatic heterocycles. The van der Waals surface area contributed by atoms with Gasteiger partial charge < -0.3 is 21.3 Å². The van der Waals surface area contributed by atoms with E-state index in [1.807, 2.05) is 0 Å². The van der Waals surface area contributed by atoms with Crippen LogP contribution in [0.5, 0.6) is 0 Å². The number of nitrogens with one attached hydrogen (secondary N) is 4. The van der Waals surface area contributed by atoms with Crippen LogP contribution in [0.4, 0.5) is 0 Å². The van der Waals surface area contributed by atoms with Crippen molar-refractivity contribution in [2.24, 2.45) is 35.5 Å². The van der Waals surface area contributed by atoms with E-state index in [0.717, 1.165) is 51.4 Å². The van der Waals surface area contributed by atoms with Gasteiger partial charge in [-0.15, -0.1) is 0 Å². The maximum absolute atomic E-state index is 13.9. The zero-order chi connectivity index (χ0) is 31.0. The van der Waals surface area contributed by atoms with Crippen molar-refractivity contribution < 1.29 is 19.2 Å². The second-order valence-electron chi connectivity index (χ2n) is 14.7. The van der Waals surface area contributed by atoms with Crippen molar-refractivity contribution in [1.82, 2.24) is 21.3 Å². The topological polar surface area (TPSA) is 116 Å². The molecule has 0 radical (unpaired) electrons. The molecule has 0 saturated heterocycles. The van der Waals surface area contributed by atoms with Gasteiger partial charge in [-0.3, -0.25) is 19.2 Å². The van der Waals surface area contributed by atoms with Crippen LogP contribution in [0.25, 0.3) is 0 Å². The van der Waals surface area contributed by atoms with Crippen LogP contribution >= 0.6 is 0 Å². The van der Waals surface area contributed by atoms with E-state index in [0.29, 0.717) is 49.9 Å². The summed E-state index contributed by atoms with van der Waals surface area (Å²) in [5.74, 6) is -0.840. The molecule has 0 bridgehead atoms. The molecule has 2 atom stereocenters. The Bertz CT molecular complexity index is 815. The van der Waals surface area contributed by atoms with Crippen LogP contribution in [0.15, 0.2) is 0 Å². The summed E-state index contributed by atoms with van der Waals surface area (Å²) in [6.07, 6.45) is 23.3. The predicted octanol–water partition coefficient (Wildman–Crippen LogP) is 5.79. The fourth-order valence-corrected chi connectivity index (χ4v) is 8.21. The van der Waals surface area contributed by atoms with E-state index in [4.69, 9.17) is 0 Å². The minimum absolute atomic E-state index is 0.0688. The second kappa shape index (κ2) is 19.4. The first-order chi connectivity index (χ1) is 21.5. The zero-order valence-electron chi connectivity index (χ0n) is 27.5. The number of rotatable bonds is 15. The highest BCUT2D eigenvalue weighted by Crippen LogP contribution is 2.28. The first-order valence-corrected chi connectivity index (χ1v) is 18.6. The standard InChI is InChI=1S/C36H62N4O4/c41-33(37-23-27-13-5-1-6-14-27)21-31(35(43)39-25-29-17-9-3-10-18-29)32(36(44)40-26-30-19-11-4-12-20-30)22-34(42)38-24-28-15-7-2-8-16-28/h27-32H,1-26H2,(H,37,41)(H,38,42)(H,39,43)(H,40,44). The first-order valence-electron chi connectivity index (χ1n) is 18.6. The zero-order valence-corrected chi connectivity index (χ0v) is 27.5. The van der Waals surface area contributed by atoms with Gasteiger partial charge in [-0.05, 0) is 75.0 Å². The van der Waals surface area contributed by atoms with Gasteiger partial charge in [0.25, 0.3) is 0 Å². The summed E-state index contributed by atoms with van der Waals surface area (Å²) in [6.45, 7) is 2.39. The molecular weight excluding hydrogens is 552 g/mol. The van der Waals surface area contributed by atoms with Crippen molar-refractivity contribution >= 4 is 23.6 Å². The van der Waals surface area contributed by atoms with Crippen LogP contribution in [0.1, 0.15) is 141 Å². The van der Waals surface area contributed by atoms with Crippen molar-refractivity contribution in [3.63, 3.8) is 0 Å². The molecule has 2 unspecified atom stereocenters. The normalized spacial score (nSPS) is 22.5. The number of carbonyl (C=O) groups is 4. The van der Waals surface area contributed by atoms with Gasteiger partial charge >= 0.3 is 0 Å². The Morgan fingerprint density at radius 1 is 0.386 bits per heavy atom. The number of carbonyl (C=O) groups excluding carboxylic acids is 4. The Balaban J connectivity index is 1.43. The molecule has 0 aromatic carbocycles. The van der Waals surface area contributed by atoms with E-state index >= 15 is 0 Å². The number of hydrogen-bond acceptors (Lipinski definition) is 4. The Kier molecular flexibility index (Phi) is 15.3. The van der Waals surface area contributed by atoms with Crippen LogP contribution in [0.3, 0.4) is 0 Å². The fraction of sp³-hybridized carbons (Fsp3) is 0.889. The highest BCUT2D eigenvalue weighted by Gasteiger charge is 2.37. The lowest BCUT2D eigenvalue weighted by Gasteiger charge is -2.29. The molecule has 4 amide bonds. The summed E-state index contributed by atoms with van der Waals surface area (Å²) in [4.78, 5) is 54.4. The number of hydrogen-bond donors (Lipinski definition) is 4. The van der Waals surface area contributed by atoms with Crippen LogP contribution in [0, 0.1) is 35.5 Å². The molecule has 4 aliphatic rings. The molecule has 0 aliphatic heterocycles. The van der Waals surface area contributed by atoms with Gasteiger partial charge in [-0.1, -0.05) is 77.0 Å². The summed E-state index contributed by atoms with van der Waals surface area (Å²) in [7, 11) is 0. The molecule has 4 fully saturated rings. The van der Waals surface area contributed by atoms with E-state index in [2.05, 4.69) is 21.3 Å². The van der Waals surface area contributed by atoms with Gasteiger partial charge in [-0.25, -0.2) is 0 Å². The quantitative estimate of drug-likeness (QED) is 0.187. The minimum Gasteiger partial charge on any atom is -0.356 e. The summed E-state index contributed by atoms with van der Waals surface area (Å²) >= 11 is 0. The van der Waals surface area contributed by atoms with Gasteiger partial charge in [0.2, 0.25) is 23.6 Å². The Hall–Kier alpha value is -2.12. The Morgan fingerprint density at radius 3 is 0.909 bits per heavy atom. The van der Waals surface area contributed by atoms with E-state index < -0.39 is 11.8 Å². The van der Waals surface area contributed by atoms with Gasteiger partial charge in [-0.2, -0.15) is 0 Å². The van der Waals surface area contributed by atoms with E-state index in [1.54, 1.807) is 0 Å². The highest BCUT2D eigenvalue weighted by atomic mass is 16.2. The first kappa shape index (κ1) is 34.7. The average molecular weight is 615 g/mol. The predicted molar refractivity (Wildman–Crippen MR) is 175 cm³/mol. The maximum Gasteiger partial charge on any atom is 0.224 e. The van der Waals surface area contributed by atoms with E-state index in [-0.39, 0.29) is 36.5 Å². The van der Waals surface area contributed by atoms with Gasteiger partial charge in [0.15, 0.2) is 0 Å². The highest BCUT2D eigenvalue weighted by molar-refractivity contribution is 5.93. The number of amides is 4. The maximum atomic E-state index is 13.9. The molecular formula is C36H62N4O4. The molecule has 0 aromatic rings. The molecule has 4 rings (SSSR count). The largest absolute Gasteiger partial charge is 0.356 e. The summed E-state index contributed by atoms with van der Waals surface area (Å²) in [5, 5.41) is 12.4. The molecule has 44 heavy (non-hydrogen) atoms. The van der Waals surface area contributed by atoms with E-state index in [1.165, 1.54) is 77.0 Å². The molecule has 0 heterocycles. The second-order valence-corrected chi connectivity index (χ2v) is 14.7. The van der Waals surface area contributed by atoms with Gasteiger partial charge in [0, 0.05) is 39.0 Å². The van der Waals surface area contributed by atoms with Crippen LogP contribution < -0.4 is 21.3 Å². The van der Waals surface area contributed by atoms with Crippen LogP contribution in [-0.4, -0.2) is 49.8 Å². The average Bonchev–Trinajstić information content (AvgIpc) is 3.07. The smallest absolute Gasteiger partial charge is 0.224 e. The molecule has 8 heteroatoms. The third-order valence-electron chi connectivity index (χ3n) is 11.2. The van der Waals surface area contributed by atoms with Gasteiger partial charge in [0.05, 0.1) is 11.8 Å². The molecule has 250 valence electrons. The van der Waals surface area contributed by atoms with E-state index in [9.17, 15) is 19.2 Å². The Morgan fingerprint density at radius 2 is 0.636 bits per heavy atom. The van der Waals surface area contributed by atoms with Crippen molar-refractivity contribution in [3.05, 3.63) is 0 Å². The van der Waals surface area contributed by atoms with Crippen molar-refractivity contribution in [3.8, 4) is 0 Å². The molecule has 4 saturated carbocycles. The van der Waals surface area contributed by atoms with Crippen LogP contribution in [0.2, 0.25) is 0 Å². The lowest BCUT2D eigenvalue weighted by Crippen LogP contribution is -2.48. The van der Waals surface area contributed by atoms with Crippen LogP contribution in [-0.2, 0) is 19.2 Å². The summed E-state index contributed by atoms with van der Waals surface area (Å²) < 4.78 is 0. The van der Waals surface area contributed by atoms with Crippen molar-refractivity contribution in [2.45, 2.75) is 141 Å². The molecule has 4 aliphatic carbocycles. The summed E-state index contributed by atoms with van der Waals surface area (Å²) in [5.41, 5.74) is 0. The van der Waals surface area contributed by atoms with Crippen molar-refractivity contribution in [2.75, 3.05) is 26.2 Å². The summed E-state index contributed by atoms with van der Waals surface area (Å²) in [6, 6.07) is 0. The Labute approximate surface area is 266 Å². The molecule has 8 nitrogen and oxygen atoms in total. The lowest BCUT2D eigenvalue weighted by molar-refractivity contribution is -0.140. The minimum atomic E-state index is -0.878. The monoisotopic (exact) mass is 614 g/mol. The molecule has 4 N–H and O–H groups in total. The SMILES string of the molecule is O=C(CC(C(=O)NCC1CCCCC1)C(CC(=O)NCC1CCCCC1)C(=O)NCC1CCCCC1)NCC1CCCCC1. The van der Waals surface area contributed by atoms with Gasteiger partial charge in [0.1, 0.15) is 0 Å². The third-order valence-corrected chi connectivity index (χ3v) is 11.2. The van der Waals surface area contributed by atoms with Crippen molar-refractivity contribution in [1.29, 1.82) is 0 Å². The molecule has 0 spiro atoms. The lowest BCUT2D eigenvalue weighted by atomic mass is 9.83. The third kappa shape index (κ3) is 12.3. The fourth-order valence-electron chi connectivity index (χ4n) is 8.21.